The number of aliphatic hydroxyl groups is 1. The summed E-state index contributed by atoms with van der Waals surface area (Å²) in [6, 6.07) is 9.82. The van der Waals surface area contributed by atoms with Crippen molar-refractivity contribution in [2.75, 3.05) is 45.9 Å². The van der Waals surface area contributed by atoms with Crippen molar-refractivity contribution in [2.45, 2.75) is 19.1 Å². The Morgan fingerprint density at radius 1 is 1.00 bits per heavy atom. The molecule has 1 aliphatic heterocycles. The van der Waals surface area contributed by atoms with Crippen LogP contribution in [0.25, 0.3) is 0 Å². The number of piperazine rings is 1. The number of halogens is 2. The Hall–Kier alpha value is -1.08. The van der Waals surface area contributed by atoms with E-state index in [1.54, 1.807) is 4.90 Å². The SMILES string of the molecule is OC(COCc1ccccc1)CN1CCN(CC(F)F)CC1. The van der Waals surface area contributed by atoms with Gasteiger partial charge in [0.15, 0.2) is 0 Å². The lowest BCUT2D eigenvalue weighted by Gasteiger charge is -2.35. The molecule has 1 saturated heterocycles. The molecule has 2 rings (SSSR count). The summed E-state index contributed by atoms with van der Waals surface area (Å²) in [4.78, 5) is 3.86. The molecular formula is C16H24F2N2O2. The van der Waals surface area contributed by atoms with Crippen LogP contribution in [0, 0.1) is 0 Å². The minimum Gasteiger partial charge on any atom is -0.389 e. The van der Waals surface area contributed by atoms with Gasteiger partial charge in [0.05, 0.1) is 25.9 Å². The number of aliphatic hydroxyl groups excluding tert-OH is 1. The van der Waals surface area contributed by atoms with Crippen LogP contribution >= 0.6 is 0 Å². The minimum atomic E-state index is -2.27. The standard InChI is InChI=1S/C16H24F2N2O2/c17-16(18)11-20-8-6-19(7-9-20)10-15(21)13-22-12-14-4-2-1-3-5-14/h1-5,15-16,21H,6-13H2. The van der Waals surface area contributed by atoms with Gasteiger partial charge in [-0.25, -0.2) is 8.78 Å². The van der Waals surface area contributed by atoms with E-state index in [1.807, 2.05) is 30.3 Å². The van der Waals surface area contributed by atoms with Crippen molar-refractivity contribution < 1.29 is 18.6 Å². The van der Waals surface area contributed by atoms with E-state index in [2.05, 4.69) is 4.90 Å². The van der Waals surface area contributed by atoms with Crippen LogP contribution in [-0.4, -0.2) is 73.3 Å². The van der Waals surface area contributed by atoms with Crippen molar-refractivity contribution in [3.63, 3.8) is 0 Å². The molecule has 6 heteroatoms. The van der Waals surface area contributed by atoms with Crippen LogP contribution in [0.15, 0.2) is 30.3 Å². The van der Waals surface area contributed by atoms with E-state index in [0.717, 1.165) is 5.56 Å². The lowest BCUT2D eigenvalue weighted by atomic mass is 10.2. The highest BCUT2D eigenvalue weighted by Gasteiger charge is 2.21. The Balaban J connectivity index is 1.59. The first-order valence-corrected chi connectivity index (χ1v) is 7.66. The third-order valence-corrected chi connectivity index (χ3v) is 3.75. The minimum absolute atomic E-state index is 0.156. The first-order chi connectivity index (χ1) is 10.6. The molecular weight excluding hydrogens is 290 g/mol. The molecule has 0 bridgehead atoms. The lowest BCUT2D eigenvalue weighted by molar-refractivity contribution is -0.00374. The third-order valence-electron chi connectivity index (χ3n) is 3.75. The number of nitrogens with zero attached hydrogens (tertiary/aromatic N) is 2. The van der Waals surface area contributed by atoms with Gasteiger partial charge < -0.3 is 9.84 Å². The van der Waals surface area contributed by atoms with Crippen molar-refractivity contribution >= 4 is 0 Å². The maximum absolute atomic E-state index is 12.3. The lowest BCUT2D eigenvalue weighted by Crippen LogP contribution is -2.50. The van der Waals surface area contributed by atoms with E-state index >= 15 is 0 Å². The van der Waals surface area contributed by atoms with Gasteiger partial charge in [-0.3, -0.25) is 9.80 Å². The summed E-state index contributed by atoms with van der Waals surface area (Å²) in [5.74, 6) is 0. The molecule has 0 spiro atoms. The van der Waals surface area contributed by atoms with Gasteiger partial charge in [-0.2, -0.15) is 0 Å². The molecule has 124 valence electrons. The number of rotatable bonds is 8. The van der Waals surface area contributed by atoms with Gasteiger partial charge in [0.25, 0.3) is 6.43 Å². The van der Waals surface area contributed by atoms with E-state index in [1.165, 1.54) is 0 Å². The molecule has 1 N–H and O–H groups in total. The molecule has 1 heterocycles. The van der Waals surface area contributed by atoms with E-state index in [0.29, 0.717) is 39.3 Å². The molecule has 0 aliphatic carbocycles. The van der Waals surface area contributed by atoms with Crippen molar-refractivity contribution in [1.29, 1.82) is 0 Å². The normalized spacial score (nSPS) is 18.7. The summed E-state index contributed by atoms with van der Waals surface area (Å²) in [6.45, 7) is 3.81. The summed E-state index contributed by atoms with van der Waals surface area (Å²) in [6.07, 6.45) is -2.83. The Labute approximate surface area is 130 Å². The highest BCUT2D eigenvalue weighted by molar-refractivity contribution is 5.13. The van der Waals surface area contributed by atoms with Crippen LogP contribution in [-0.2, 0) is 11.3 Å². The quantitative estimate of drug-likeness (QED) is 0.788. The largest absolute Gasteiger partial charge is 0.389 e. The number of β-amino-alcohol motifs (C(OH)–C–C–N with tert-alkyl or cyclic N) is 1. The number of ether oxygens (including phenoxy) is 1. The average molecular weight is 314 g/mol. The van der Waals surface area contributed by atoms with Crippen LogP contribution < -0.4 is 0 Å². The van der Waals surface area contributed by atoms with Gasteiger partial charge in [0.1, 0.15) is 0 Å². The summed E-state index contributed by atoms with van der Waals surface area (Å²) in [5, 5.41) is 9.99. The molecule has 0 saturated carbocycles. The highest BCUT2D eigenvalue weighted by atomic mass is 19.3. The number of benzene rings is 1. The maximum Gasteiger partial charge on any atom is 0.251 e. The van der Waals surface area contributed by atoms with Crippen LogP contribution in [0.2, 0.25) is 0 Å². The van der Waals surface area contributed by atoms with Gasteiger partial charge in [0, 0.05) is 32.7 Å². The monoisotopic (exact) mass is 314 g/mol. The Bertz CT molecular complexity index is 412. The molecule has 1 atom stereocenters. The Kier molecular flexibility index (Phi) is 7.18. The molecule has 4 nitrogen and oxygen atoms in total. The zero-order chi connectivity index (χ0) is 15.8. The Morgan fingerprint density at radius 2 is 1.59 bits per heavy atom. The topological polar surface area (TPSA) is 35.9 Å². The number of alkyl halides is 2. The van der Waals surface area contributed by atoms with E-state index in [-0.39, 0.29) is 13.2 Å². The predicted molar refractivity (Wildman–Crippen MR) is 81.0 cm³/mol. The number of hydrogen-bond acceptors (Lipinski definition) is 4. The zero-order valence-electron chi connectivity index (χ0n) is 12.7. The van der Waals surface area contributed by atoms with E-state index in [4.69, 9.17) is 4.74 Å². The van der Waals surface area contributed by atoms with Crippen LogP contribution in [0.1, 0.15) is 5.56 Å². The summed E-state index contributed by atoms with van der Waals surface area (Å²) >= 11 is 0. The van der Waals surface area contributed by atoms with Crippen LogP contribution in [0.4, 0.5) is 8.78 Å². The third kappa shape index (κ3) is 6.36. The second kappa shape index (κ2) is 9.15. The molecule has 1 aliphatic rings. The fourth-order valence-corrected chi connectivity index (χ4v) is 2.59. The predicted octanol–water partition coefficient (Wildman–Crippen LogP) is 1.45. The van der Waals surface area contributed by atoms with E-state index in [9.17, 15) is 13.9 Å². The molecule has 1 fully saturated rings. The second-order valence-corrected chi connectivity index (χ2v) is 5.65. The van der Waals surface area contributed by atoms with Gasteiger partial charge in [-0.1, -0.05) is 30.3 Å². The van der Waals surface area contributed by atoms with Gasteiger partial charge in [-0.15, -0.1) is 0 Å². The summed E-state index contributed by atoms with van der Waals surface area (Å²) in [5.41, 5.74) is 1.08. The average Bonchev–Trinajstić information content (AvgIpc) is 2.50. The summed E-state index contributed by atoms with van der Waals surface area (Å²) in [7, 11) is 0. The van der Waals surface area contributed by atoms with E-state index < -0.39 is 12.5 Å². The first-order valence-electron chi connectivity index (χ1n) is 7.66. The van der Waals surface area contributed by atoms with Crippen LogP contribution in [0.5, 0.6) is 0 Å². The molecule has 1 aromatic rings. The fraction of sp³-hybridized carbons (Fsp3) is 0.625. The Morgan fingerprint density at radius 3 is 2.18 bits per heavy atom. The summed E-state index contributed by atoms with van der Waals surface area (Å²) < 4.78 is 30.1. The number of hydrogen-bond donors (Lipinski definition) is 1. The maximum atomic E-state index is 12.3. The molecule has 1 unspecified atom stereocenters. The van der Waals surface area contributed by atoms with Crippen molar-refractivity contribution in [1.82, 2.24) is 9.80 Å². The van der Waals surface area contributed by atoms with Crippen molar-refractivity contribution in [3.05, 3.63) is 35.9 Å². The molecule has 22 heavy (non-hydrogen) atoms. The van der Waals surface area contributed by atoms with Crippen molar-refractivity contribution in [3.8, 4) is 0 Å². The molecule has 0 amide bonds. The first kappa shape index (κ1) is 17.3. The van der Waals surface area contributed by atoms with Gasteiger partial charge in [0.2, 0.25) is 0 Å². The van der Waals surface area contributed by atoms with Gasteiger partial charge in [-0.05, 0) is 5.56 Å². The smallest absolute Gasteiger partial charge is 0.251 e. The fourth-order valence-electron chi connectivity index (χ4n) is 2.59. The second-order valence-electron chi connectivity index (χ2n) is 5.65. The molecule has 1 aromatic carbocycles. The van der Waals surface area contributed by atoms with Crippen molar-refractivity contribution in [2.24, 2.45) is 0 Å². The van der Waals surface area contributed by atoms with Crippen LogP contribution in [0.3, 0.4) is 0 Å². The van der Waals surface area contributed by atoms with Gasteiger partial charge >= 0.3 is 0 Å². The molecule has 0 aromatic heterocycles. The zero-order valence-corrected chi connectivity index (χ0v) is 12.7. The highest BCUT2D eigenvalue weighted by Crippen LogP contribution is 2.06. The molecule has 0 radical (unpaired) electrons.